The third kappa shape index (κ3) is 4.63. The minimum absolute atomic E-state index is 0.130. The second kappa shape index (κ2) is 7.42. The predicted octanol–water partition coefficient (Wildman–Crippen LogP) is 1.46. The zero-order chi connectivity index (χ0) is 14.3. The van der Waals surface area contributed by atoms with E-state index in [-0.39, 0.29) is 5.56 Å². The van der Waals surface area contributed by atoms with Crippen LogP contribution in [0, 0.1) is 15.9 Å². The Kier molecular flexibility index (Phi) is 5.87. The summed E-state index contributed by atoms with van der Waals surface area (Å²) in [4.78, 5) is 21.7. The fourth-order valence-electron chi connectivity index (χ4n) is 1.54. The van der Waals surface area contributed by atoms with Gasteiger partial charge in [0.25, 0.3) is 11.6 Å². The van der Waals surface area contributed by atoms with Crippen LogP contribution in [0.3, 0.4) is 0 Å². The van der Waals surface area contributed by atoms with Crippen molar-refractivity contribution >= 4 is 11.6 Å². The first-order chi connectivity index (χ1) is 9.06. The zero-order valence-electron chi connectivity index (χ0n) is 10.6. The molecule has 7 heteroatoms. The van der Waals surface area contributed by atoms with Crippen LogP contribution >= 0.6 is 0 Å². The molecule has 0 unspecified atom stereocenters. The molecule has 0 aliphatic heterocycles. The molecule has 6 nitrogen and oxygen atoms in total. The molecular formula is C12H16FN3O3. The second-order valence-electron chi connectivity index (χ2n) is 3.88. The maximum absolute atomic E-state index is 12.9. The van der Waals surface area contributed by atoms with E-state index in [4.69, 9.17) is 0 Å². The Balaban J connectivity index is 2.64. The summed E-state index contributed by atoms with van der Waals surface area (Å²) < 4.78 is 12.9. The van der Waals surface area contributed by atoms with Crippen molar-refractivity contribution in [2.45, 2.75) is 13.3 Å². The molecule has 0 heterocycles. The summed E-state index contributed by atoms with van der Waals surface area (Å²) >= 11 is 0. The lowest BCUT2D eigenvalue weighted by atomic mass is 10.1. The number of rotatable bonds is 7. The lowest BCUT2D eigenvalue weighted by Crippen LogP contribution is -2.27. The number of amides is 1. The van der Waals surface area contributed by atoms with Crippen LogP contribution in [0.5, 0.6) is 0 Å². The number of nitrogens with zero attached hydrogens (tertiary/aromatic N) is 1. The lowest BCUT2D eigenvalue weighted by Gasteiger charge is -2.06. The molecule has 0 fully saturated rings. The Morgan fingerprint density at radius 1 is 1.42 bits per heavy atom. The number of carbonyl (C=O) groups excluding carboxylic acids is 1. The van der Waals surface area contributed by atoms with Gasteiger partial charge in [-0.1, -0.05) is 6.92 Å². The molecule has 0 spiro atoms. The van der Waals surface area contributed by atoms with Crippen molar-refractivity contribution in [3.63, 3.8) is 0 Å². The highest BCUT2D eigenvalue weighted by atomic mass is 19.1. The molecular weight excluding hydrogens is 253 g/mol. The van der Waals surface area contributed by atoms with Gasteiger partial charge in [0.1, 0.15) is 11.4 Å². The molecule has 0 saturated carbocycles. The van der Waals surface area contributed by atoms with Gasteiger partial charge in [0.15, 0.2) is 0 Å². The summed E-state index contributed by atoms with van der Waals surface area (Å²) in [6.07, 6.45) is 0.717. The van der Waals surface area contributed by atoms with Gasteiger partial charge in [-0.2, -0.15) is 0 Å². The van der Waals surface area contributed by atoms with Crippen LogP contribution < -0.4 is 10.6 Å². The molecule has 1 aromatic rings. The number of halogens is 1. The van der Waals surface area contributed by atoms with Crippen molar-refractivity contribution in [3.05, 3.63) is 39.7 Å². The van der Waals surface area contributed by atoms with Gasteiger partial charge in [-0.15, -0.1) is 0 Å². The van der Waals surface area contributed by atoms with E-state index in [9.17, 15) is 19.3 Å². The molecule has 104 valence electrons. The Bertz CT molecular complexity index is 466. The molecule has 1 aromatic carbocycles. The van der Waals surface area contributed by atoms with Crippen molar-refractivity contribution in [2.75, 3.05) is 19.6 Å². The third-order valence-corrected chi connectivity index (χ3v) is 2.47. The third-order valence-electron chi connectivity index (χ3n) is 2.47. The average molecular weight is 269 g/mol. The van der Waals surface area contributed by atoms with Crippen LogP contribution in [0.1, 0.15) is 23.7 Å². The highest BCUT2D eigenvalue weighted by Crippen LogP contribution is 2.19. The standard InChI is InChI=1S/C12H16FN3O3/c1-2-14-6-3-7-15-12(17)10-5-4-9(13)8-11(10)16(18)19/h4-5,8,14H,2-3,6-7H2,1H3,(H,15,17). The first-order valence-corrected chi connectivity index (χ1v) is 5.99. The molecule has 0 saturated heterocycles. The van der Waals surface area contributed by atoms with E-state index < -0.39 is 22.3 Å². The molecule has 1 rings (SSSR count). The van der Waals surface area contributed by atoms with Gasteiger partial charge >= 0.3 is 0 Å². The summed E-state index contributed by atoms with van der Waals surface area (Å²) in [5, 5.41) is 16.4. The Hall–Kier alpha value is -2.02. The van der Waals surface area contributed by atoms with E-state index in [1.807, 2.05) is 6.92 Å². The highest BCUT2D eigenvalue weighted by Gasteiger charge is 2.20. The summed E-state index contributed by atoms with van der Waals surface area (Å²) in [5.74, 6) is -1.31. The average Bonchev–Trinajstić information content (AvgIpc) is 2.38. The van der Waals surface area contributed by atoms with E-state index >= 15 is 0 Å². The van der Waals surface area contributed by atoms with Crippen LogP contribution in [0.25, 0.3) is 0 Å². The van der Waals surface area contributed by atoms with Gasteiger partial charge in [-0.3, -0.25) is 14.9 Å². The molecule has 19 heavy (non-hydrogen) atoms. The molecule has 0 aliphatic carbocycles. The minimum atomic E-state index is -0.767. The van der Waals surface area contributed by atoms with Gasteiger partial charge < -0.3 is 10.6 Å². The summed E-state index contributed by atoms with van der Waals surface area (Å²) in [6, 6.07) is 2.89. The van der Waals surface area contributed by atoms with Gasteiger partial charge in [0.05, 0.1) is 11.0 Å². The quantitative estimate of drug-likeness (QED) is 0.446. The van der Waals surface area contributed by atoms with Crippen molar-refractivity contribution < 1.29 is 14.1 Å². The van der Waals surface area contributed by atoms with Crippen LogP contribution in [-0.2, 0) is 0 Å². The smallest absolute Gasteiger partial charge is 0.285 e. The SMILES string of the molecule is CCNCCCNC(=O)c1ccc(F)cc1[N+](=O)[O-]. The van der Waals surface area contributed by atoms with Crippen molar-refractivity contribution in [2.24, 2.45) is 0 Å². The van der Waals surface area contributed by atoms with Gasteiger partial charge in [-0.05, 0) is 31.6 Å². The summed E-state index contributed by atoms with van der Waals surface area (Å²) in [7, 11) is 0. The van der Waals surface area contributed by atoms with E-state index in [0.29, 0.717) is 13.0 Å². The second-order valence-corrected chi connectivity index (χ2v) is 3.88. The first kappa shape index (κ1) is 15.0. The van der Waals surface area contributed by atoms with E-state index in [1.165, 1.54) is 0 Å². The topological polar surface area (TPSA) is 84.3 Å². The van der Waals surface area contributed by atoms with Crippen LogP contribution in [0.4, 0.5) is 10.1 Å². The van der Waals surface area contributed by atoms with E-state index in [0.717, 1.165) is 31.3 Å². The molecule has 0 radical (unpaired) electrons. The number of nitro groups is 1. The number of carbonyl (C=O) groups is 1. The van der Waals surface area contributed by atoms with Crippen molar-refractivity contribution in [1.82, 2.24) is 10.6 Å². The van der Waals surface area contributed by atoms with Crippen molar-refractivity contribution in [1.29, 1.82) is 0 Å². The van der Waals surface area contributed by atoms with Gasteiger partial charge in [0, 0.05) is 6.54 Å². The van der Waals surface area contributed by atoms with E-state index in [1.54, 1.807) is 0 Å². The number of hydrogen-bond donors (Lipinski definition) is 2. The highest BCUT2D eigenvalue weighted by molar-refractivity contribution is 5.98. The van der Waals surface area contributed by atoms with Gasteiger partial charge in [-0.25, -0.2) is 4.39 Å². The van der Waals surface area contributed by atoms with Gasteiger partial charge in [0.2, 0.25) is 0 Å². The minimum Gasteiger partial charge on any atom is -0.352 e. The first-order valence-electron chi connectivity index (χ1n) is 5.99. The number of nitro benzene ring substituents is 1. The van der Waals surface area contributed by atoms with Crippen LogP contribution in [0.2, 0.25) is 0 Å². The lowest BCUT2D eigenvalue weighted by molar-refractivity contribution is -0.385. The number of nitrogens with one attached hydrogen (secondary N) is 2. The molecule has 1 amide bonds. The largest absolute Gasteiger partial charge is 0.352 e. The summed E-state index contributed by atoms with van der Waals surface area (Å²) in [6.45, 7) is 3.97. The van der Waals surface area contributed by atoms with Crippen LogP contribution in [0.15, 0.2) is 18.2 Å². The maximum Gasteiger partial charge on any atom is 0.285 e. The molecule has 0 bridgehead atoms. The zero-order valence-corrected chi connectivity index (χ0v) is 10.6. The number of hydrogen-bond acceptors (Lipinski definition) is 4. The Morgan fingerprint density at radius 3 is 2.79 bits per heavy atom. The molecule has 0 aromatic heterocycles. The van der Waals surface area contributed by atoms with E-state index in [2.05, 4.69) is 10.6 Å². The molecule has 0 aliphatic rings. The maximum atomic E-state index is 12.9. The summed E-state index contributed by atoms with van der Waals surface area (Å²) in [5.41, 5.74) is -0.654. The Morgan fingerprint density at radius 2 is 2.16 bits per heavy atom. The van der Waals surface area contributed by atoms with Crippen molar-refractivity contribution in [3.8, 4) is 0 Å². The fourth-order valence-corrected chi connectivity index (χ4v) is 1.54. The normalized spacial score (nSPS) is 10.2. The van der Waals surface area contributed by atoms with Crippen LogP contribution in [-0.4, -0.2) is 30.5 Å². The monoisotopic (exact) mass is 269 g/mol. The number of benzene rings is 1. The Labute approximate surface area is 110 Å². The molecule has 0 atom stereocenters. The fraction of sp³-hybridized carbons (Fsp3) is 0.417. The molecule has 2 N–H and O–H groups in total. The predicted molar refractivity (Wildman–Crippen MR) is 68.5 cm³/mol.